The molecular formula is C23H21N3O4. The lowest BCUT2D eigenvalue weighted by Crippen LogP contribution is -2.46. The van der Waals surface area contributed by atoms with Crippen LogP contribution < -0.4 is 11.1 Å². The van der Waals surface area contributed by atoms with Crippen LogP contribution in [-0.4, -0.2) is 22.8 Å². The number of amides is 2. The van der Waals surface area contributed by atoms with E-state index in [2.05, 4.69) is 5.32 Å². The van der Waals surface area contributed by atoms with Gasteiger partial charge < -0.3 is 11.1 Å². The Balaban J connectivity index is 1.64. The Kier molecular flexibility index (Phi) is 6.54. The summed E-state index contributed by atoms with van der Waals surface area (Å²) >= 11 is 0. The van der Waals surface area contributed by atoms with Crippen LogP contribution in [0.1, 0.15) is 11.1 Å². The highest BCUT2D eigenvalue weighted by Crippen LogP contribution is 2.20. The maximum absolute atomic E-state index is 12.3. The second-order valence-electron chi connectivity index (χ2n) is 6.89. The van der Waals surface area contributed by atoms with Crippen molar-refractivity contribution in [3.8, 4) is 11.1 Å². The van der Waals surface area contributed by atoms with Crippen LogP contribution in [0, 0.1) is 10.1 Å². The van der Waals surface area contributed by atoms with Gasteiger partial charge >= 0.3 is 0 Å². The molecule has 0 spiro atoms. The first-order valence-corrected chi connectivity index (χ1v) is 9.39. The molecule has 7 nitrogen and oxygen atoms in total. The van der Waals surface area contributed by atoms with Gasteiger partial charge in [-0.25, -0.2) is 0 Å². The third-order valence-electron chi connectivity index (χ3n) is 4.67. The van der Waals surface area contributed by atoms with Gasteiger partial charge in [0.1, 0.15) is 6.04 Å². The first-order chi connectivity index (χ1) is 14.4. The summed E-state index contributed by atoms with van der Waals surface area (Å²) in [5.41, 5.74) is 8.84. The molecule has 30 heavy (non-hydrogen) atoms. The molecule has 0 aromatic heterocycles. The maximum atomic E-state index is 12.3. The summed E-state index contributed by atoms with van der Waals surface area (Å²) in [6.45, 7) is 0. The second kappa shape index (κ2) is 9.47. The van der Waals surface area contributed by atoms with Gasteiger partial charge in [0.15, 0.2) is 0 Å². The number of nitrogens with zero attached hydrogens (tertiary/aromatic N) is 1. The molecular weight excluding hydrogens is 382 g/mol. The van der Waals surface area contributed by atoms with Crippen LogP contribution in [0.3, 0.4) is 0 Å². The second-order valence-corrected chi connectivity index (χ2v) is 6.89. The van der Waals surface area contributed by atoms with E-state index in [1.807, 2.05) is 54.6 Å². The highest BCUT2D eigenvalue weighted by molar-refractivity contribution is 5.87. The molecule has 3 rings (SSSR count). The topological polar surface area (TPSA) is 115 Å². The molecule has 7 heteroatoms. The van der Waals surface area contributed by atoms with Crippen molar-refractivity contribution in [2.75, 3.05) is 0 Å². The molecule has 0 radical (unpaired) electrons. The maximum Gasteiger partial charge on any atom is 0.269 e. The standard InChI is InChI=1S/C23H21N3O4/c24-23(28)21(25-22(27)15-17-5-4-8-20(13-17)26(29)30)14-16-9-11-19(12-10-16)18-6-2-1-3-7-18/h1-13,21H,14-15H2,(H2,24,28)(H,25,27)/t21-/m1/s1. The van der Waals surface area contributed by atoms with Gasteiger partial charge in [-0.3, -0.25) is 19.7 Å². The van der Waals surface area contributed by atoms with E-state index in [-0.39, 0.29) is 18.5 Å². The Morgan fingerprint density at radius 1 is 0.900 bits per heavy atom. The molecule has 0 unspecified atom stereocenters. The number of nitrogens with two attached hydrogens (primary N) is 1. The van der Waals surface area contributed by atoms with Crippen molar-refractivity contribution in [1.82, 2.24) is 5.32 Å². The predicted octanol–water partition coefficient (Wildman–Crippen LogP) is 3.02. The summed E-state index contributed by atoms with van der Waals surface area (Å²) < 4.78 is 0. The molecule has 0 bridgehead atoms. The van der Waals surface area contributed by atoms with Crippen LogP contribution in [0.4, 0.5) is 5.69 Å². The van der Waals surface area contributed by atoms with Crippen molar-refractivity contribution >= 4 is 17.5 Å². The molecule has 0 heterocycles. The third kappa shape index (κ3) is 5.51. The Labute approximate surface area is 173 Å². The molecule has 0 aliphatic rings. The predicted molar refractivity (Wildman–Crippen MR) is 114 cm³/mol. The molecule has 0 fully saturated rings. The Morgan fingerprint density at radius 3 is 2.20 bits per heavy atom. The highest BCUT2D eigenvalue weighted by atomic mass is 16.6. The van der Waals surface area contributed by atoms with Gasteiger partial charge in [-0.1, -0.05) is 66.7 Å². The van der Waals surface area contributed by atoms with Crippen LogP contribution in [0.25, 0.3) is 11.1 Å². The van der Waals surface area contributed by atoms with Crippen molar-refractivity contribution in [3.63, 3.8) is 0 Å². The average Bonchev–Trinajstić information content (AvgIpc) is 2.74. The molecule has 1 atom stereocenters. The van der Waals surface area contributed by atoms with Gasteiger partial charge in [0.25, 0.3) is 5.69 Å². The SMILES string of the molecule is NC(=O)[C@@H](Cc1ccc(-c2ccccc2)cc1)NC(=O)Cc1cccc([N+](=O)[O-])c1. The van der Waals surface area contributed by atoms with Gasteiger partial charge in [0.2, 0.25) is 11.8 Å². The van der Waals surface area contributed by atoms with Crippen LogP contribution in [-0.2, 0) is 22.4 Å². The van der Waals surface area contributed by atoms with E-state index in [1.54, 1.807) is 6.07 Å². The van der Waals surface area contributed by atoms with Crippen molar-refractivity contribution < 1.29 is 14.5 Å². The lowest BCUT2D eigenvalue weighted by atomic mass is 10.00. The molecule has 3 aromatic carbocycles. The van der Waals surface area contributed by atoms with Crippen molar-refractivity contribution in [3.05, 3.63) is 100 Å². The minimum atomic E-state index is -0.876. The van der Waals surface area contributed by atoms with E-state index in [4.69, 9.17) is 5.73 Å². The third-order valence-corrected chi connectivity index (χ3v) is 4.67. The van der Waals surface area contributed by atoms with E-state index >= 15 is 0 Å². The van der Waals surface area contributed by atoms with E-state index in [0.717, 1.165) is 16.7 Å². The molecule has 2 amide bonds. The number of carbonyl (C=O) groups is 2. The quantitative estimate of drug-likeness (QED) is 0.444. The minimum absolute atomic E-state index is 0.0849. The number of nitro groups is 1. The zero-order chi connectivity index (χ0) is 21.5. The zero-order valence-corrected chi connectivity index (χ0v) is 16.2. The minimum Gasteiger partial charge on any atom is -0.368 e. The normalized spacial score (nSPS) is 11.5. The van der Waals surface area contributed by atoms with E-state index in [9.17, 15) is 19.7 Å². The van der Waals surface area contributed by atoms with E-state index in [1.165, 1.54) is 18.2 Å². The highest BCUT2D eigenvalue weighted by Gasteiger charge is 2.19. The Bertz CT molecular complexity index is 1050. The van der Waals surface area contributed by atoms with Gasteiger partial charge in [-0.15, -0.1) is 0 Å². The zero-order valence-electron chi connectivity index (χ0n) is 16.2. The molecule has 3 N–H and O–H groups in total. The fourth-order valence-electron chi connectivity index (χ4n) is 3.13. The van der Waals surface area contributed by atoms with Gasteiger partial charge in [-0.2, -0.15) is 0 Å². The fraction of sp³-hybridized carbons (Fsp3) is 0.130. The van der Waals surface area contributed by atoms with Crippen LogP contribution in [0.15, 0.2) is 78.9 Å². The van der Waals surface area contributed by atoms with Crippen molar-refractivity contribution in [1.29, 1.82) is 0 Å². The van der Waals surface area contributed by atoms with Gasteiger partial charge in [0, 0.05) is 18.6 Å². The number of nitro benzene ring substituents is 1. The summed E-state index contributed by atoms with van der Waals surface area (Å²) in [7, 11) is 0. The lowest BCUT2D eigenvalue weighted by molar-refractivity contribution is -0.384. The molecule has 3 aromatic rings. The molecule has 0 aliphatic heterocycles. The Morgan fingerprint density at radius 2 is 1.57 bits per heavy atom. The molecule has 0 aliphatic carbocycles. The van der Waals surface area contributed by atoms with Gasteiger partial charge in [0.05, 0.1) is 11.3 Å². The smallest absolute Gasteiger partial charge is 0.269 e. The van der Waals surface area contributed by atoms with E-state index < -0.39 is 22.8 Å². The Hall–Kier alpha value is -4.00. The largest absolute Gasteiger partial charge is 0.368 e. The summed E-state index contributed by atoms with van der Waals surface area (Å²) in [6, 6.07) is 22.5. The number of nitrogens with one attached hydrogen (secondary N) is 1. The number of primary amides is 1. The van der Waals surface area contributed by atoms with Crippen molar-refractivity contribution in [2.24, 2.45) is 5.73 Å². The monoisotopic (exact) mass is 403 g/mol. The van der Waals surface area contributed by atoms with Crippen LogP contribution in [0.2, 0.25) is 0 Å². The molecule has 0 saturated heterocycles. The average molecular weight is 403 g/mol. The number of non-ortho nitro benzene ring substituents is 1. The van der Waals surface area contributed by atoms with Crippen molar-refractivity contribution in [2.45, 2.75) is 18.9 Å². The van der Waals surface area contributed by atoms with E-state index in [0.29, 0.717) is 5.56 Å². The summed E-state index contributed by atoms with van der Waals surface area (Å²) in [4.78, 5) is 34.5. The number of benzene rings is 3. The summed E-state index contributed by atoms with van der Waals surface area (Å²) in [5, 5.41) is 13.5. The number of hydrogen-bond donors (Lipinski definition) is 2. The first kappa shape index (κ1) is 20.7. The summed E-state index contributed by atoms with van der Waals surface area (Å²) in [6.07, 6.45) is 0.170. The van der Waals surface area contributed by atoms with Crippen LogP contribution >= 0.6 is 0 Å². The molecule has 0 saturated carbocycles. The number of rotatable bonds is 8. The fourth-order valence-corrected chi connectivity index (χ4v) is 3.13. The lowest BCUT2D eigenvalue weighted by Gasteiger charge is -2.16. The van der Waals surface area contributed by atoms with Crippen LogP contribution in [0.5, 0.6) is 0 Å². The van der Waals surface area contributed by atoms with Gasteiger partial charge in [-0.05, 0) is 22.3 Å². The first-order valence-electron chi connectivity index (χ1n) is 9.39. The number of hydrogen-bond acceptors (Lipinski definition) is 4. The number of carbonyl (C=O) groups excluding carboxylic acids is 2. The molecule has 152 valence electrons. The summed E-state index contributed by atoms with van der Waals surface area (Å²) in [5.74, 6) is -1.07.